The van der Waals surface area contributed by atoms with Crippen molar-refractivity contribution >= 4 is 0 Å². The third-order valence-electron chi connectivity index (χ3n) is 3.10. The van der Waals surface area contributed by atoms with Crippen LogP contribution in [0.5, 0.6) is 17.2 Å². The summed E-state index contributed by atoms with van der Waals surface area (Å²) in [6.07, 6.45) is 0.858. The van der Waals surface area contributed by atoms with Crippen LogP contribution in [-0.4, -0.2) is 39.1 Å². The fraction of sp³-hybridized carbons (Fsp3) is 0.571. The highest BCUT2D eigenvalue weighted by atomic mass is 16.5. The number of hydrogen-bond donors (Lipinski definition) is 2. The van der Waals surface area contributed by atoms with E-state index in [-0.39, 0.29) is 12.6 Å². The number of ether oxygens (including phenoxy) is 3. The predicted octanol–water partition coefficient (Wildman–Crippen LogP) is 1.57. The van der Waals surface area contributed by atoms with Gasteiger partial charge in [-0.25, -0.2) is 0 Å². The van der Waals surface area contributed by atoms with Crippen molar-refractivity contribution in [3.05, 3.63) is 17.7 Å². The molecule has 0 aliphatic rings. The number of methoxy groups -OCH3 is 3. The van der Waals surface area contributed by atoms with Crippen LogP contribution in [0.25, 0.3) is 0 Å². The van der Waals surface area contributed by atoms with E-state index in [1.807, 2.05) is 19.1 Å². The Morgan fingerprint density at radius 1 is 1.11 bits per heavy atom. The quantitative estimate of drug-likeness (QED) is 0.750. The van der Waals surface area contributed by atoms with Crippen molar-refractivity contribution in [2.75, 3.05) is 27.9 Å². The van der Waals surface area contributed by atoms with Gasteiger partial charge in [0, 0.05) is 24.7 Å². The molecule has 0 aliphatic carbocycles. The van der Waals surface area contributed by atoms with Crippen molar-refractivity contribution in [3.8, 4) is 17.2 Å². The number of aliphatic hydroxyl groups excluding tert-OH is 1. The van der Waals surface area contributed by atoms with Crippen molar-refractivity contribution in [1.29, 1.82) is 0 Å². The van der Waals surface area contributed by atoms with Crippen LogP contribution in [0.3, 0.4) is 0 Å². The smallest absolute Gasteiger partial charge is 0.130 e. The molecule has 1 atom stereocenters. The van der Waals surface area contributed by atoms with E-state index in [1.165, 1.54) is 0 Å². The first kappa shape index (κ1) is 15.6. The van der Waals surface area contributed by atoms with Crippen LogP contribution in [-0.2, 0) is 6.54 Å². The number of benzene rings is 1. The molecular formula is C14H23NO4. The summed E-state index contributed by atoms with van der Waals surface area (Å²) in [6, 6.07) is 3.70. The Bertz CT molecular complexity index is 366. The average Bonchev–Trinajstić information content (AvgIpc) is 2.47. The van der Waals surface area contributed by atoms with E-state index in [1.54, 1.807) is 21.3 Å². The average molecular weight is 269 g/mol. The van der Waals surface area contributed by atoms with E-state index in [0.29, 0.717) is 23.8 Å². The van der Waals surface area contributed by atoms with Crippen molar-refractivity contribution in [2.24, 2.45) is 0 Å². The van der Waals surface area contributed by atoms with Crippen molar-refractivity contribution in [2.45, 2.75) is 25.9 Å². The summed E-state index contributed by atoms with van der Waals surface area (Å²) in [7, 11) is 4.83. The molecule has 2 N–H and O–H groups in total. The molecule has 0 aliphatic heterocycles. The Kier molecular flexibility index (Phi) is 6.45. The lowest BCUT2D eigenvalue weighted by molar-refractivity contribution is 0.237. The molecule has 108 valence electrons. The molecule has 1 aromatic carbocycles. The molecule has 0 saturated heterocycles. The van der Waals surface area contributed by atoms with E-state index in [9.17, 15) is 5.11 Å². The van der Waals surface area contributed by atoms with Crippen LogP contribution in [0, 0.1) is 0 Å². The Morgan fingerprint density at radius 2 is 1.68 bits per heavy atom. The number of nitrogens with one attached hydrogen (secondary N) is 1. The predicted molar refractivity (Wildman–Crippen MR) is 74.1 cm³/mol. The molecule has 0 amide bonds. The van der Waals surface area contributed by atoms with Gasteiger partial charge < -0.3 is 24.6 Å². The molecular weight excluding hydrogens is 246 g/mol. The van der Waals surface area contributed by atoms with Gasteiger partial charge in [-0.2, -0.15) is 0 Å². The zero-order valence-corrected chi connectivity index (χ0v) is 12.0. The van der Waals surface area contributed by atoms with Gasteiger partial charge in [-0.15, -0.1) is 0 Å². The van der Waals surface area contributed by atoms with Crippen LogP contribution >= 0.6 is 0 Å². The van der Waals surface area contributed by atoms with Gasteiger partial charge in [-0.1, -0.05) is 6.92 Å². The van der Waals surface area contributed by atoms with E-state index >= 15 is 0 Å². The van der Waals surface area contributed by atoms with Crippen molar-refractivity contribution in [1.82, 2.24) is 5.32 Å². The van der Waals surface area contributed by atoms with Gasteiger partial charge in [-0.05, 0) is 6.42 Å². The molecule has 0 bridgehead atoms. The molecule has 0 spiro atoms. The first-order valence-corrected chi connectivity index (χ1v) is 6.33. The summed E-state index contributed by atoms with van der Waals surface area (Å²) in [4.78, 5) is 0. The second kappa shape index (κ2) is 7.86. The molecule has 1 rings (SSSR count). The van der Waals surface area contributed by atoms with E-state index in [4.69, 9.17) is 14.2 Å². The highest BCUT2D eigenvalue weighted by Crippen LogP contribution is 2.33. The second-order valence-corrected chi connectivity index (χ2v) is 4.18. The molecule has 0 radical (unpaired) electrons. The van der Waals surface area contributed by atoms with Gasteiger partial charge in [0.15, 0.2) is 0 Å². The lowest BCUT2D eigenvalue weighted by Crippen LogP contribution is -2.31. The van der Waals surface area contributed by atoms with Crippen molar-refractivity contribution < 1.29 is 19.3 Å². The molecule has 1 aromatic rings. The summed E-state index contributed by atoms with van der Waals surface area (Å²) < 4.78 is 15.9. The molecule has 19 heavy (non-hydrogen) atoms. The Hall–Kier alpha value is -1.46. The Morgan fingerprint density at radius 3 is 2.05 bits per heavy atom. The standard InChI is InChI=1S/C14H23NO4/c1-5-10(9-16)15-8-12-13(18-3)6-11(17-2)7-14(12)19-4/h6-7,10,15-16H,5,8-9H2,1-4H3/t10-/m0/s1. The summed E-state index contributed by atoms with van der Waals surface area (Å²) in [5.74, 6) is 2.10. The zero-order valence-electron chi connectivity index (χ0n) is 12.0. The van der Waals surface area contributed by atoms with Gasteiger partial charge in [0.05, 0.1) is 33.5 Å². The molecule has 5 nitrogen and oxygen atoms in total. The summed E-state index contributed by atoms with van der Waals surface area (Å²) in [5, 5.41) is 12.5. The van der Waals surface area contributed by atoms with Gasteiger partial charge in [0.25, 0.3) is 0 Å². The second-order valence-electron chi connectivity index (χ2n) is 4.18. The van der Waals surface area contributed by atoms with E-state index in [2.05, 4.69) is 5.32 Å². The van der Waals surface area contributed by atoms with Crippen LogP contribution in [0.15, 0.2) is 12.1 Å². The first-order valence-electron chi connectivity index (χ1n) is 6.33. The first-order chi connectivity index (χ1) is 9.19. The van der Waals surface area contributed by atoms with Gasteiger partial charge in [-0.3, -0.25) is 0 Å². The zero-order chi connectivity index (χ0) is 14.3. The SMILES string of the molecule is CC[C@@H](CO)NCc1c(OC)cc(OC)cc1OC. The fourth-order valence-electron chi connectivity index (χ4n) is 1.84. The van der Waals surface area contributed by atoms with E-state index < -0.39 is 0 Å². The van der Waals surface area contributed by atoms with Crippen LogP contribution in [0.4, 0.5) is 0 Å². The monoisotopic (exact) mass is 269 g/mol. The molecule has 0 saturated carbocycles. The minimum Gasteiger partial charge on any atom is -0.496 e. The van der Waals surface area contributed by atoms with Gasteiger partial charge in [0.1, 0.15) is 17.2 Å². The number of hydrogen-bond acceptors (Lipinski definition) is 5. The van der Waals surface area contributed by atoms with E-state index in [0.717, 1.165) is 12.0 Å². The normalized spacial score (nSPS) is 12.1. The molecule has 0 fully saturated rings. The van der Waals surface area contributed by atoms with Crippen molar-refractivity contribution in [3.63, 3.8) is 0 Å². The maximum atomic E-state index is 9.19. The maximum Gasteiger partial charge on any atom is 0.130 e. The Labute approximate surface area is 114 Å². The van der Waals surface area contributed by atoms with Gasteiger partial charge in [0.2, 0.25) is 0 Å². The Balaban J connectivity index is 2.96. The molecule has 0 unspecified atom stereocenters. The fourth-order valence-corrected chi connectivity index (χ4v) is 1.84. The molecule has 0 heterocycles. The number of rotatable bonds is 8. The van der Waals surface area contributed by atoms with Crippen LogP contribution < -0.4 is 19.5 Å². The lowest BCUT2D eigenvalue weighted by Gasteiger charge is -2.18. The third kappa shape index (κ3) is 4.01. The topological polar surface area (TPSA) is 60.0 Å². The highest BCUT2D eigenvalue weighted by molar-refractivity contribution is 5.50. The summed E-state index contributed by atoms with van der Waals surface area (Å²) in [6.45, 7) is 2.70. The van der Waals surface area contributed by atoms with Crippen LogP contribution in [0.2, 0.25) is 0 Å². The van der Waals surface area contributed by atoms with Crippen LogP contribution in [0.1, 0.15) is 18.9 Å². The van der Waals surface area contributed by atoms with Gasteiger partial charge >= 0.3 is 0 Å². The lowest BCUT2D eigenvalue weighted by atomic mass is 10.1. The number of aliphatic hydroxyl groups is 1. The maximum absolute atomic E-state index is 9.19. The third-order valence-corrected chi connectivity index (χ3v) is 3.10. The summed E-state index contributed by atoms with van der Waals surface area (Å²) in [5.41, 5.74) is 0.915. The largest absolute Gasteiger partial charge is 0.496 e. The molecule has 0 aromatic heterocycles. The highest BCUT2D eigenvalue weighted by Gasteiger charge is 2.14. The minimum atomic E-state index is 0.0662. The minimum absolute atomic E-state index is 0.0662. The molecule has 5 heteroatoms. The summed E-state index contributed by atoms with van der Waals surface area (Å²) >= 11 is 0.